The predicted octanol–water partition coefficient (Wildman–Crippen LogP) is 3.42. The van der Waals surface area contributed by atoms with Crippen molar-refractivity contribution in [3.05, 3.63) is 89.7 Å². The van der Waals surface area contributed by atoms with E-state index in [0.29, 0.717) is 29.9 Å². The molecule has 8 heteroatoms. The summed E-state index contributed by atoms with van der Waals surface area (Å²) >= 11 is 0. The SMILES string of the molecule is COc1ccc(C2=NN(C(Cc3ccccc3)NC(=O)c3ccncc3)C(=O)CC2)cc1OC. The highest BCUT2D eigenvalue weighted by atomic mass is 16.5. The second-order valence-electron chi connectivity index (χ2n) is 7.77. The van der Waals surface area contributed by atoms with E-state index in [1.165, 1.54) is 5.01 Å². The number of nitrogens with one attached hydrogen (secondary N) is 1. The Kier molecular flexibility index (Phi) is 7.17. The molecular formula is C26H26N4O4. The van der Waals surface area contributed by atoms with Gasteiger partial charge in [-0.25, -0.2) is 5.01 Å². The van der Waals surface area contributed by atoms with Gasteiger partial charge in [0.25, 0.3) is 5.91 Å². The van der Waals surface area contributed by atoms with Gasteiger partial charge in [0.2, 0.25) is 5.91 Å². The van der Waals surface area contributed by atoms with Crippen molar-refractivity contribution in [2.45, 2.75) is 25.4 Å². The Bertz CT molecular complexity index is 1180. The van der Waals surface area contributed by atoms with Gasteiger partial charge < -0.3 is 14.8 Å². The number of hydrazone groups is 1. The van der Waals surface area contributed by atoms with E-state index in [1.807, 2.05) is 48.5 Å². The van der Waals surface area contributed by atoms with E-state index >= 15 is 0 Å². The fraction of sp³-hybridized carbons (Fsp3) is 0.231. The Hall–Kier alpha value is -4.20. The van der Waals surface area contributed by atoms with Crippen LogP contribution in [0.15, 0.2) is 78.2 Å². The number of nitrogens with zero attached hydrogens (tertiary/aromatic N) is 3. The molecule has 1 aliphatic heterocycles. The molecule has 4 rings (SSSR count). The molecule has 0 saturated carbocycles. The number of pyridine rings is 1. The zero-order valence-corrected chi connectivity index (χ0v) is 19.1. The minimum atomic E-state index is -0.661. The molecule has 1 N–H and O–H groups in total. The van der Waals surface area contributed by atoms with E-state index in [0.717, 1.165) is 16.8 Å². The molecule has 0 saturated heterocycles. The fourth-order valence-corrected chi connectivity index (χ4v) is 3.81. The monoisotopic (exact) mass is 458 g/mol. The first-order chi connectivity index (χ1) is 16.6. The van der Waals surface area contributed by atoms with Gasteiger partial charge in [0, 0.05) is 42.8 Å². The fourth-order valence-electron chi connectivity index (χ4n) is 3.81. The number of hydrogen-bond acceptors (Lipinski definition) is 6. The number of carbonyl (C=O) groups is 2. The maximum atomic E-state index is 13.0. The summed E-state index contributed by atoms with van der Waals surface area (Å²) in [6, 6.07) is 18.5. The van der Waals surface area contributed by atoms with E-state index < -0.39 is 6.17 Å². The number of hydrogen-bond donors (Lipinski definition) is 1. The maximum Gasteiger partial charge on any atom is 0.253 e. The molecule has 0 spiro atoms. The van der Waals surface area contributed by atoms with E-state index in [9.17, 15) is 9.59 Å². The third-order valence-electron chi connectivity index (χ3n) is 5.58. The van der Waals surface area contributed by atoms with Crippen LogP contribution in [0.1, 0.15) is 34.3 Å². The summed E-state index contributed by atoms with van der Waals surface area (Å²) < 4.78 is 10.7. The molecule has 2 aromatic carbocycles. The van der Waals surface area contributed by atoms with Crippen LogP contribution in [0.3, 0.4) is 0 Å². The Morgan fingerprint density at radius 3 is 2.44 bits per heavy atom. The van der Waals surface area contributed by atoms with Gasteiger partial charge in [0.05, 0.1) is 19.9 Å². The lowest BCUT2D eigenvalue weighted by Crippen LogP contribution is -2.51. The van der Waals surface area contributed by atoms with Crippen molar-refractivity contribution in [1.29, 1.82) is 0 Å². The summed E-state index contributed by atoms with van der Waals surface area (Å²) in [6.45, 7) is 0. The summed E-state index contributed by atoms with van der Waals surface area (Å²) in [5, 5.41) is 9.06. The van der Waals surface area contributed by atoms with Gasteiger partial charge in [0.1, 0.15) is 6.17 Å². The Labute approximate surface area is 198 Å². The zero-order chi connectivity index (χ0) is 23.9. The smallest absolute Gasteiger partial charge is 0.253 e. The summed E-state index contributed by atoms with van der Waals surface area (Å²) in [7, 11) is 3.15. The van der Waals surface area contributed by atoms with Gasteiger partial charge >= 0.3 is 0 Å². The molecule has 1 unspecified atom stereocenters. The van der Waals surface area contributed by atoms with Crippen molar-refractivity contribution < 1.29 is 19.1 Å². The lowest BCUT2D eigenvalue weighted by molar-refractivity contribution is -0.134. The van der Waals surface area contributed by atoms with E-state index in [2.05, 4.69) is 15.4 Å². The zero-order valence-electron chi connectivity index (χ0n) is 19.1. The first-order valence-corrected chi connectivity index (χ1v) is 11.0. The van der Waals surface area contributed by atoms with Crippen molar-refractivity contribution in [3.63, 3.8) is 0 Å². The molecule has 3 aromatic rings. The number of ether oxygens (including phenoxy) is 2. The van der Waals surface area contributed by atoms with Crippen LogP contribution in [-0.2, 0) is 11.2 Å². The van der Waals surface area contributed by atoms with Crippen LogP contribution in [-0.4, -0.2) is 47.9 Å². The highest BCUT2D eigenvalue weighted by Gasteiger charge is 2.30. The summed E-state index contributed by atoms with van der Waals surface area (Å²) in [5.74, 6) is 0.741. The third kappa shape index (κ3) is 5.23. The van der Waals surface area contributed by atoms with Crippen LogP contribution in [0.2, 0.25) is 0 Å². The van der Waals surface area contributed by atoms with Crippen LogP contribution in [0.4, 0.5) is 0 Å². The van der Waals surface area contributed by atoms with Crippen LogP contribution in [0.25, 0.3) is 0 Å². The molecular weight excluding hydrogens is 432 g/mol. The van der Waals surface area contributed by atoms with Crippen LogP contribution in [0, 0.1) is 0 Å². The highest BCUT2D eigenvalue weighted by molar-refractivity contribution is 6.04. The van der Waals surface area contributed by atoms with Gasteiger partial charge in [-0.2, -0.15) is 5.10 Å². The van der Waals surface area contributed by atoms with E-state index in [4.69, 9.17) is 9.47 Å². The molecule has 1 aliphatic rings. The van der Waals surface area contributed by atoms with Gasteiger partial charge in [-0.1, -0.05) is 30.3 Å². The van der Waals surface area contributed by atoms with Crippen LogP contribution < -0.4 is 14.8 Å². The number of carbonyl (C=O) groups excluding carboxylic acids is 2. The molecule has 174 valence electrons. The van der Waals surface area contributed by atoms with Crippen molar-refractivity contribution in [2.75, 3.05) is 14.2 Å². The number of aromatic nitrogens is 1. The topological polar surface area (TPSA) is 93.1 Å². The average Bonchev–Trinajstić information content (AvgIpc) is 2.89. The minimum Gasteiger partial charge on any atom is -0.493 e. The average molecular weight is 459 g/mol. The number of amides is 2. The molecule has 2 amide bonds. The Morgan fingerprint density at radius 2 is 1.74 bits per heavy atom. The third-order valence-corrected chi connectivity index (χ3v) is 5.58. The largest absolute Gasteiger partial charge is 0.493 e. The molecule has 0 fully saturated rings. The summed E-state index contributed by atoms with van der Waals surface area (Å²) in [5.41, 5.74) is 3.00. The lowest BCUT2D eigenvalue weighted by atomic mass is 10.0. The lowest BCUT2D eigenvalue weighted by Gasteiger charge is -2.32. The van der Waals surface area contributed by atoms with Gasteiger partial charge in [-0.3, -0.25) is 14.6 Å². The second kappa shape index (κ2) is 10.6. The Balaban J connectivity index is 1.67. The first kappa shape index (κ1) is 23.0. The van der Waals surface area contributed by atoms with Crippen LogP contribution in [0.5, 0.6) is 11.5 Å². The van der Waals surface area contributed by atoms with Crippen molar-refractivity contribution in [2.24, 2.45) is 5.10 Å². The van der Waals surface area contributed by atoms with Crippen molar-refractivity contribution >= 4 is 17.5 Å². The second-order valence-corrected chi connectivity index (χ2v) is 7.77. The molecule has 1 aromatic heterocycles. The first-order valence-electron chi connectivity index (χ1n) is 11.0. The molecule has 0 aliphatic carbocycles. The number of methoxy groups -OCH3 is 2. The molecule has 2 heterocycles. The standard InChI is InChI=1S/C26H26N4O4/c1-33-22-10-8-20(17-23(22)34-2)21-9-11-25(31)30(29-21)24(16-18-6-4-3-5-7-18)28-26(32)19-12-14-27-15-13-19/h3-8,10,12-15,17,24H,9,11,16H2,1-2H3,(H,28,32). The van der Waals surface area contributed by atoms with Gasteiger partial charge in [-0.05, 0) is 35.9 Å². The summed E-state index contributed by atoms with van der Waals surface area (Å²) in [4.78, 5) is 29.9. The van der Waals surface area contributed by atoms with Crippen molar-refractivity contribution in [3.8, 4) is 11.5 Å². The molecule has 8 nitrogen and oxygen atoms in total. The predicted molar refractivity (Wildman–Crippen MR) is 128 cm³/mol. The number of rotatable bonds is 8. The van der Waals surface area contributed by atoms with Crippen molar-refractivity contribution in [1.82, 2.24) is 15.3 Å². The normalized spacial score (nSPS) is 14.2. The van der Waals surface area contributed by atoms with Gasteiger partial charge in [0.15, 0.2) is 11.5 Å². The maximum absolute atomic E-state index is 13.0. The molecule has 0 bridgehead atoms. The molecule has 0 radical (unpaired) electrons. The quantitative estimate of drug-likeness (QED) is 0.558. The molecule has 34 heavy (non-hydrogen) atoms. The van der Waals surface area contributed by atoms with Crippen LogP contribution >= 0.6 is 0 Å². The van der Waals surface area contributed by atoms with Gasteiger partial charge in [-0.15, -0.1) is 0 Å². The molecule has 1 atom stereocenters. The summed E-state index contributed by atoms with van der Waals surface area (Å²) in [6.07, 6.45) is 3.63. The van der Waals surface area contributed by atoms with E-state index in [1.54, 1.807) is 38.7 Å². The Morgan fingerprint density at radius 1 is 1.00 bits per heavy atom. The van der Waals surface area contributed by atoms with E-state index in [-0.39, 0.29) is 18.2 Å². The number of benzene rings is 2. The highest BCUT2D eigenvalue weighted by Crippen LogP contribution is 2.29. The minimum absolute atomic E-state index is 0.153.